The van der Waals surface area contributed by atoms with E-state index in [9.17, 15) is 0 Å². The topological polar surface area (TPSA) is 9.86 Å². The van der Waals surface area contributed by atoms with Crippen LogP contribution in [0.1, 0.15) is 0 Å². The maximum absolute atomic E-state index is 2.48. The summed E-state index contributed by atoms with van der Waals surface area (Å²) in [6.07, 6.45) is 0. The third-order valence-electron chi connectivity index (χ3n) is 15.3. The number of aromatic nitrogens is 2. The smallest absolute Gasteiger partial charge is 0.0541 e. The maximum atomic E-state index is 2.48. The normalized spacial score (nSPS) is 11.9. The van der Waals surface area contributed by atoms with E-state index in [-0.39, 0.29) is 0 Å². The first-order chi connectivity index (χ1) is 35.8. The molecule has 0 saturated heterocycles. The fourth-order valence-corrected chi connectivity index (χ4v) is 12.3. The molecule has 0 aliphatic carbocycles. The monoisotopic (exact) mass is 912 g/mol. The van der Waals surface area contributed by atoms with E-state index in [0.717, 1.165) is 11.4 Å². The largest absolute Gasteiger partial charge is 0.309 e. The molecule has 13 aromatic carbocycles. The summed E-state index contributed by atoms with van der Waals surface area (Å²) < 4.78 is 4.92. The first kappa shape index (κ1) is 40.4. The maximum Gasteiger partial charge on any atom is 0.0541 e. The van der Waals surface area contributed by atoms with E-state index in [4.69, 9.17) is 0 Å². The average Bonchev–Trinajstić information content (AvgIpc) is 3.97. The Morgan fingerprint density at radius 1 is 0.181 bits per heavy atom. The zero-order chi connectivity index (χ0) is 47.3. The van der Waals surface area contributed by atoms with Gasteiger partial charge in [-0.3, -0.25) is 0 Å². The summed E-state index contributed by atoms with van der Waals surface area (Å²) in [6, 6.07) is 99.0. The SMILES string of the molecule is c1ccc(-c2c3ccc(-n4c5ccccc5c5ccccc54)cc3c(-c3ccccc3-c3cccc4ccccc34)c3ccc(-n4c5ccccc5c5ccccc54)cc23)c(-c2cccc3ccccc23)c1. The van der Waals surface area contributed by atoms with Gasteiger partial charge in [-0.05, 0) is 136 Å². The second-order valence-electron chi connectivity index (χ2n) is 19.1. The molecule has 0 atom stereocenters. The molecule has 0 radical (unpaired) electrons. The van der Waals surface area contributed by atoms with Gasteiger partial charge in [-0.1, -0.05) is 218 Å². The predicted octanol–water partition coefficient (Wildman–Crippen LogP) is 19.2. The summed E-state index contributed by atoms with van der Waals surface area (Å²) in [4.78, 5) is 0. The lowest BCUT2D eigenvalue weighted by atomic mass is 9.81. The molecule has 2 heterocycles. The zero-order valence-electron chi connectivity index (χ0n) is 39.3. The van der Waals surface area contributed by atoms with Gasteiger partial charge in [-0.15, -0.1) is 0 Å². The number of benzene rings is 13. The quantitative estimate of drug-likeness (QED) is 0.147. The predicted molar refractivity (Wildman–Crippen MR) is 307 cm³/mol. The van der Waals surface area contributed by atoms with Crippen molar-refractivity contribution in [2.24, 2.45) is 0 Å². The molecule has 15 aromatic rings. The van der Waals surface area contributed by atoms with Crippen molar-refractivity contribution in [1.82, 2.24) is 9.13 Å². The van der Waals surface area contributed by atoms with Crippen LogP contribution in [0.3, 0.4) is 0 Å². The molecule has 0 aliphatic rings. The number of para-hydroxylation sites is 4. The summed E-state index contributed by atoms with van der Waals surface area (Å²) in [7, 11) is 0. The summed E-state index contributed by atoms with van der Waals surface area (Å²) in [5.74, 6) is 0. The van der Waals surface area contributed by atoms with Crippen LogP contribution in [0, 0.1) is 0 Å². The fraction of sp³-hybridized carbons (Fsp3) is 0. The van der Waals surface area contributed by atoms with Crippen LogP contribution < -0.4 is 0 Å². The number of nitrogens with zero attached hydrogens (tertiary/aromatic N) is 2. The van der Waals surface area contributed by atoms with Crippen molar-refractivity contribution in [2.45, 2.75) is 0 Å². The molecule has 0 fully saturated rings. The molecule has 2 aromatic heterocycles. The highest BCUT2D eigenvalue weighted by Crippen LogP contribution is 2.50. The highest BCUT2D eigenvalue weighted by Gasteiger charge is 2.24. The fourth-order valence-electron chi connectivity index (χ4n) is 12.3. The molecule has 0 amide bonds. The van der Waals surface area contributed by atoms with Crippen LogP contribution in [0.2, 0.25) is 0 Å². The Labute approximate surface area is 416 Å². The van der Waals surface area contributed by atoms with Crippen molar-refractivity contribution in [3.8, 4) is 55.9 Å². The minimum absolute atomic E-state index is 1.12. The van der Waals surface area contributed by atoms with Gasteiger partial charge in [0.1, 0.15) is 0 Å². The molecular weight excluding hydrogens is 869 g/mol. The lowest BCUT2D eigenvalue weighted by Gasteiger charge is -2.23. The molecule has 334 valence electrons. The zero-order valence-corrected chi connectivity index (χ0v) is 39.3. The van der Waals surface area contributed by atoms with E-state index in [1.54, 1.807) is 0 Å². The number of hydrogen-bond donors (Lipinski definition) is 0. The van der Waals surface area contributed by atoms with Crippen LogP contribution in [0.15, 0.2) is 267 Å². The van der Waals surface area contributed by atoms with E-state index in [0.29, 0.717) is 0 Å². The number of hydrogen-bond acceptors (Lipinski definition) is 0. The lowest BCUT2D eigenvalue weighted by molar-refractivity contribution is 1.18. The summed E-state index contributed by atoms with van der Waals surface area (Å²) >= 11 is 0. The van der Waals surface area contributed by atoms with Crippen LogP contribution in [0.4, 0.5) is 0 Å². The molecule has 0 saturated carbocycles. The second kappa shape index (κ2) is 16.0. The van der Waals surface area contributed by atoms with E-state index in [1.807, 2.05) is 0 Å². The standard InChI is InChI=1S/C70H44N2/c1-3-23-49-45(19-1)21-17-33-51(49)53-25-5-7-31-59(53)69-61-41-39-48(72-67-37-15-11-29-57(67)58-30-12-16-38-68(58)72)44-64(61)70(60-32-8-6-26-54(60)52-34-18-22-46-20-2-4-24-50(46)52)62-42-40-47(43-63(62)69)71-65-35-13-9-27-55(65)56-28-10-14-36-66(56)71/h1-44H. The molecule has 2 heteroatoms. The summed E-state index contributed by atoms with van der Waals surface area (Å²) in [5.41, 5.74) is 16.7. The van der Waals surface area contributed by atoms with Crippen molar-refractivity contribution in [3.63, 3.8) is 0 Å². The van der Waals surface area contributed by atoms with Gasteiger partial charge in [0.25, 0.3) is 0 Å². The van der Waals surface area contributed by atoms with Crippen LogP contribution in [-0.2, 0) is 0 Å². The van der Waals surface area contributed by atoms with Gasteiger partial charge >= 0.3 is 0 Å². The first-order valence-corrected chi connectivity index (χ1v) is 24.9. The molecule has 0 aliphatic heterocycles. The minimum atomic E-state index is 1.12. The average molecular weight is 913 g/mol. The van der Waals surface area contributed by atoms with Gasteiger partial charge in [-0.25, -0.2) is 0 Å². The third kappa shape index (κ3) is 6.03. The molecule has 0 N–H and O–H groups in total. The number of fused-ring (bicyclic) bond motifs is 10. The highest BCUT2D eigenvalue weighted by molar-refractivity contribution is 6.25. The van der Waals surface area contributed by atoms with Crippen molar-refractivity contribution in [1.29, 1.82) is 0 Å². The van der Waals surface area contributed by atoms with E-state index >= 15 is 0 Å². The second-order valence-corrected chi connectivity index (χ2v) is 19.1. The first-order valence-electron chi connectivity index (χ1n) is 24.9. The van der Waals surface area contributed by atoms with Crippen LogP contribution in [0.25, 0.3) is 143 Å². The van der Waals surface area contributed by atoms with E-state index in [1.165, 1.54) is 131 Å². The van der Waals surface area contributed by atoms with E-state index in [2.05, 4.69) is 276 Å². The van der Waals surface area contributed by atoms with Gasteiger partial charge < -0.3 is 9.13 Å². The molecule has 0 spiro atoms. The van der Waals surface area contributed by atoms with Gasteiger partial charge in [0, 0.05) is 32.9 Å². The van der Waals surface area contributed by atoms with E-state index < -0.39 is 0 Å². The van der Waals surface area contributed by atoms with Crippen molar-refractivity contribution in [3.05, 3.63) is 267 Å². The van der Waals surface area contributed by atoms with Crippen molar-refractivity contribution in [2.75, 3.05) is 0 Å². The Hall–Kier alpha value is -9.50. The third-order valence-corrected chi connectivity index (χ3v) is 15.3. The Kier molecular flexibility index (Phi) is 8.99. The highest BCUT2D eigenvalue weighted by atomic mass is 15.0. The molecule has 2 nitrogen and oxygen atoms in total. The minimum Gasteiger partial charge on any atom is -0.309 e. The molecule has 72 heavy (non-hydrogen) atoms. The van der Waals surface area contributed by atoms with Crippen molar-refractivity contribution >= 4 is 86.7 Å². The summed E-state index contributed by atoms with van der Waals surface area (Å²) in [6.45, 7) is 0. The lowest BCUT2D eigenvalue weighted by Crippen LogP contribution is -1.99. The number of rotatable bonds is 6. The molecular formula is C70H44N2. The van der Waals surface area contributed by atoms with Crippen LogP contribution in [0.5, 0.6) is 0 Å². The van der Waals surface area contributed by atoms with Gasteiger partial charge in [0.2, 0.25) is 0 Å². The Morgan fingerprint density at radius 3 is 0.861 bits per heavy atom. The Morgan fingerprint density at radius 2 is 0.472 bits per heavy atom. The van der Waals surface area contributed by atoms with Gasteiger partial charge in [0.05, 0.1) is 22.1 Å². The molecule has 15 rings (SSSR count). The Bertz CT molecular complexity index is 4280. The summed E-state index contributed by atoms with van der Waals surface area (Å²) in [5, 5.41) is 14.7. The van der Waals surface area contributed by atoms with Gasteiger partial charge in [-0.2, -0.15) is 0 Å². The van der Waals surface area contributed by atoms with Crippen molar-refractivity contribution < 1.29 is 0 Å². The molecule has 0 unspecified atom stereocenters. The molecule has 0 bridgehead atoms. The van der Waals surface area contributed by atoms with Gasteiger partial charge in [0.15, 0.2) is 0 Å². The van der Waals surface area contributed by atoms with Crippen LogP contribution in [-0.4, -0.2) is 9.13 Å². The van der Waals surface area contributed by atoms with Crippen LogP contribution >= 0.6 is 0 Å². The Balaban J connectivity index is 1.13.